The van der Waals surface area contributed by atoms with E-state index in [4.69, 9.17) is 15.3 Å². The van der Waals surface area contributed by atoms with Crippen molar-refractivity contribution in [2.24, 2.45) is 10.9 Å². The Kier molecular flexibility index (Phi) is 5.43. The number of carbonyl (C=O) groups excluding carboxylic acids is 2. The van der Waals surface area contributed by atoms with Crippen LogP contribution < -0.4 is 5.73 Å². The Bertz CT molecular complexity index is 622. The van der Waals surface area contributed by atoms with Crippen molar-refractivity contribution in [1.82, 2.24) is 4.90 Å². The molecule has 0 spiro atoms. The van der Waals surface area contributed by atoms with Crippen molar-refractivity contribution in [3.05, 3.63) is 35.9 Å². The van der Waals surface area contributed by atoms with Gasteiger partial charge >= 0.3 is 12.1 Å². The second-order valence-electron chi connectivity index (χ2n) is 6.58. The van der Waals surface area contributed by atoms with E-state index in [1.165, 1.54) is 4.90 Å². The fourth-order valence-corrected chi connectivity index (χ4v) is 2.37. The molecule has 1 unspecified atom stereocenters. The van der Waals surface area contributed by atoms with E-state index in [0.29, 0.717) is 24.9 Å². The molecule has 2 N–H and O–H groups in total. The number of nitrogens with zero attached hydrogens (tertiary/aromatic N) is 2. The van der Waals surface area contributed by atoms with Crippen LogP contribution in [0.3, 0.4) is 0 Å². The van der Waals surface area contributed by atoms with Crippen LogP contribution in [0.15, 0.2) is 35.5 Å². The molecule has 0 aliphatic carbocycles. The average Bonchev–Trinajstić information content (AvgIpc) is 3.01. The van der Waals surface area contributed by atoms with Gasteiger partial charge in [0.05, 0.1) is 0 Å². The van der Waals surface area contributed by atoms with Crippen LogP contribution in [0, 0.1) is 0 Å². The summed E-state index contributed by atoms with van der Waals surface area (Å²) in [4.78, 5) is 30.7. The Hall–Kier alpha value is -2.57. The summed E-state index contributed by atoms with van der Waals surface area (Å²) in [5, 5.41) is 3.67. The maximum atomic E-state index is 12.2. The smallest absolute Gasteiger partial charge is 0.411 e. The predicted octanol–water partition coefficient (Wildman–Crippen LogP) is 2.25. The third-order valence-electron chi connectivity index (χ3n) is 3.46. The number of amidine groups is 1. The molecule has 1 fully saturated rings. The fourth-order valence-electron chi connectivity index (χ4n) is 2.37. The first kappa shape index (κ1) is 17.8. The summed E-state index contributed by atoms with van der Waals surface area (Å²) in [6.07, 6.45) is 0.692. The average molecular weight is 333 g/mol. The molecule has 130 valence electrons. The predicted molar refractivity (Wildman–Crippen MR) is 89.2 cm³/mol. The summed E-state index contributed by atoms with van der Waals surface area (Å²) in [5.74, 6) is -0.511. The molecule has 1 heterocycles. The Morgan fingerprint density at radius 2 is 1.92 bits per heavy atom. The monoisotopic (exact) mass is 333 g/mol. The molecule has 24 heavy (non-hydrogen) atoms. The van der Waals surface area contributed by atoms with Gasteiger partial charge in [0.2, 0.25) is 0 Å². The first-order chi connectivity index (χ1) is 11.3. The van der Waals surface area contributed by atoms with Gasteiger partial charge in [0, 0.05) is 12.1 Å². The van der Waals surface area contributed by atoms with Gasteiger partial charge in [-0.15, -0.1) is 0 Å². The highest BCUT2D eigenvalue weighted by molar-refractivity contribution is 5.97. The number of carbonyl (C=O) groups is 2. The summed E-state index contributed by atoms with van der Waals surface area (Å²) in [6, 6.07) is 8.28. The van der Waals surface area contributed by atoms with Crippen LogP contribution in [0.2, 0.25) is 0 Å². The van der Waals surface area contributed by atoms with Crippen LogP contribution in [0.4, 0.5) is 4.79 Å². The van der Waals surface area contributed by atoms with Crippen molar-refractivity contribution in [3.8, 4) is 0 Å². The van der Waals surface area contributed by atoms with Gasteiger partial charge in [-0.3, -0.25) is 4.90 Å². The number of hydrogen-bond donors (Lipinski definition) is 1. The minimum absolute atomic E-state index is 0.103. The number of oxime groups is 1. The van der Waals surface area contributed by atoms with Gasteiger partial charge in [-0.2, -0.15) is 0 Å². The van der Waals surface area contributed by atoms with Crippen LogP contribution in [-0.2, 0) is 14.4 Å². The van der Waals surface area contributed by atoms with Gasteiger partial charge in [-0.05, 0) is 33.6 Å². The minimum atomic E-state index is -0.702. The number of rotatable bonds is 3. The molecule has 7 nitrogen and oxygen atoms in total. The lowest BCUT2D eigenvalue weighted by molar-refractivity contribution is -0.148. The topological polar surface area (TPSA) is 94.2 Å². The summed E-state index contributed by atoms with van der Waals surface area (Å²) < 4.78 is 5.32. The van der Waals surface area contributed by atoms with E-state index < -0.39 is 23.7 Å². The molecule has 0 saturated carbocycles. The lowest BCUT2D eigenvalue weighted by Crippen LogP contribution is -2.43. The third-order valence-corrected chi connectivity index (χ3v) is 3.46. The molecular formula is C17H23N3O4. The molecule has 1 atom stereocenters. The number of amides is 1. The lowest BCUT2D eigenvalue weighted by atomic mass is 10.2. The van der Waals surface area contributed by atoms with Gasteiger partial charge in [0.1, 0.15) is 11.6 Å². The van der Waals surface area contributed by atoms with E-state index in [1.54, 1.807) is 45.0 Å². The molecule has 2 rings (SSSR count). The van der Waals surface area contributed by atoms with Crippen LogP contribution in [0.1, 0.15) is 39.2 Å². The highest BCUT2D eigenvalue weighted by Crippen LogP contribution is 2.21. The Balaban J connectivity index is 1.99. The number of nitrogens with two attached hydrogens (primary N) is 1. The first-order valence-electron chi connectivity index (χ1n) is 7.87. The largest absolute Gasteiger partial charge is 0.444 e. The Morgan fingerprint density at radius 3 is 2.54 bits per heavy atom. The molecule has 7 heteroatoms. The van der Waals surface area contributed by atoms with Crippen molar-refractivity contribution >= 4 is 17.9 Å². The van der Waals surface area contributed by atoms with Crippen LogP contribution in [0.25, 0.3) is 0 Å². The third kappa shape index (κ3) is 4.71. The molecular weight excluding hydrogens is 310 g/mol. The summed E-state index contributed by atoms with van der Waals surface area (Å²) in [6.45, 7) is 5.78. The normalized spacial score (nSPS) is 18.4. The van der Waals surface area contributed by atoms with E-state index in [-0.39, 0.29) is 5.84 Å². The van der Waals surface area contributed by atoms with Gasteiger partial charge in [-0.25, -0.2) is 9.59 Å². The van der Waals surface area contributed by atoms with Crippen LogP contribution in [-0.4, -0.2) is 41.0 Å². The van der Waals surface area contributed by atoms with Crippen molar-refractivity contribution in [2.45, 2.75) is 45.3 Å². The molecule has 0 aromatic heterocycles. The van der Waals surface area contributed by atoms with E-state index in [2.05, 4.69) is 5.16 Å². The van der Waals surface area contributed by atoms with Gasteiger partial charge in [0.15, 0.2) is 5.84 Å². The molecule has 0 radical (unpaired) electrons. The second kappa shape index (κ2) is 7.33. The highest BCUT2D eigenvalue weighted by Gasteiger charge is 2.38. The summed E-state index contributed by atoms with van der Waals surface area (Å²) in [5.41, 5.74) is 5.82. The molecule has 0 bridgehead atoms. The minimum Gasteiger partial charge on any atom is -0.444 e. The number of likely N-dealkylation sites (tertiary alicyclic amines) is 1. The molecule has 1 aromatic carbocycles. The van der Waals surface area contributed by atoms with Gasteiger partial charge < -0.3 is 15.3 Å². The SMILES string of the molecule is CC(C)(C)OC(=O)N1CCCC1C(=O)O/N=C(\N)c1ccccc1. The number of hydrogen-bond acceptors (Lipinski definition) is 5. The first-order valence-corrected chi connectivity index (χ1v) is 7.87. The van der Waals surface area contributed by atoms with E-state index >= 15 is 0 Å². The molecule has 1 aromatic rings. The van der Waals surface area contributed by atoms with E-state index in [0.717, 1.165) is 0 Å². The Labute approximate surface area is 141 Å². The van der Waals surface area contributed by atoms with E-state index in [9.17, 15) is 9.59 Å². The maximum absolute atomic E-state index is 12.2. The zero-order chi connectivity index (χ0) is 17.7. The zero-order valence-corrected chi connectivity index (χ0v) is 14.2. The highest BCUT2D eigenvalue weighted by atomic mass is 16.7. The molecule has 1 aliphatic rings. The standard InChI is InChI=1S/C17H23N3O4/c1-17(2,3)23-16(22)20-11-7-10-13(20)15(21)24-19-14(18)12-8-5-4-6-9-12/h4-6,8-9,13H,7,10-11H2,1-3H3,(H2,18,19). The maximum Gasteiger partial charge on any atom is 0.411 e. The van der Waals surface area contributed by atoms with Crippen LogP contribution in [0.5, 0.6) is 0 Å². The summed E-state index contributed by atoms with van der Waals surface area (Å²) in [7, 11) is 0. The van der Waals surface area contributed by atoms with Crippen molar-refractivity contribution in [3.63, 3.8) is 0 Å². The zero-order valence-electron chi connectivity index (χ0n) is 14.2. The van der Waals surface area contributed by atoms with Gasteiger partial charge in [-0.1, -0.05) is 35.5 Å². The van der Waals surface area contributed by atoms with Crippen molar-refractivity contribution < 1.29 is 19.2 Å². The van der Waals surface area contributed by atoms with Crippen molar-refractivity contribution in [2.75, 3.05) is 6.54 Å². The molecule has 1 aliphatic heterocycles. The Morgan fingerprint density at radius 1 is 1.25 bits per heavy atom. The number of ether oxygens (including phenoxy) is 1. The van der Waals surface area contributed by atoms with E-state index in [1.807, 2.05) is 6.07 Å². The number of benzene rings is 1. The fraction of sp³-hybridized carbons (Fsp3) is 0.471. The quantitative estimate of drug-likeness (QED) is 0.396. The van der Waals surface area contributed by atoms with Crippen molar-refractivity contribution in [1.29, 1.82) is 0 Å². The molecule has 1 amide bonds. The second-order valence-corrected chi connectivity index (χ2v) is 6.58. The summed E-state index contributed by atoms with van der Waals surface area (Å²) >= 11 is 0. The molecule has 1 saturated heterocycles. The van der Waals surface area contributed by atoms with Gasteiger partial charge in [0.25, 0.3) is 0 Å². The lowest BCUT2D eigenvalue weighted by Gasteiger charge is -2.27. The van der Waals surface area contributed by atoms with Crippen LogP contribution >= 0.6 is 0 Å².